The predicted molar refractivity (Wildman–Crippen MR) is 126 cm³/mol. The van der Waals surface area contributed by atoms with Crippen molar-refractivity contribution in [2.45, 2.75) is 36.1 Å². The van der Waals surface area contributed by atoms with E-state index < -0.39 is 22.0 Å². The SMILES string of the molecule is Cc1ccc(NC(=O)N2CCN(S(=O)(=O)c3cccs3)C(C(=O)NCC3CCCO3)C2)cc1. The van der Waals surface area contributed by atoms with Gasteiger partial charge in [0, 0.05) is 38.5 Å². The monoisotopic (exact) mass is 492 g/mol. The van der Waals surface area contributed by atoms with Crippen LogP contribution in [-0.2, 0) is 19.6 Å². The Labute approximate surface area is 197 Å². The molecule has 0 aliphatic carbocycles. The predicted octanol–water partition coefficient (Wildman–Crippen LogP) is 2.26. The molecule has 3 heterocycles. The fourth-order valence-corrected chi connectivity index (χ4v) is 6.64. The van der Waals surface area contributed by atoms with Crippen molar-refractivity contribution in [3.63, 3.8) is 0 Å². The molecule has 0 radical (unpaired) electrons. The lowest BCUT2D eigenvalue weighted by Gasteiger charge is -2.39. The number of hydrogen-bond donors (Lipinski definition) is 2. The second kappa shape index (κ2) is 10.2. The summed E-state index contributed by atoms with van der Waals surface area (Å²) < 4.78 is 33.4. The fraction of sp³-hybridized carbons (Fsp3) is 0.455. The Balaban J connectivity index is 1.50. The maximum absolute atomic E-state index is 13.2. The molecule has 178 valence electrons. The van der Waals surface area contributed by atoms with Crippen LogP contribution in [0.25, 0.3) is 0 Å². The Hall–Kier alpha value is -2.47. The summed E-state index contributed by atoms with van der Waals surface area (Å²) >= 11 is 1.11. The van der Waals surface area contributed by atoms with Gasteiger partial charge in [-0.1, -0.05) is 23.8 Å². The molecule has 4 rings (SSSR count). The van der Waals surface area contributed by atoms with E-state index in [1.165, 1.54) is 15.3 Å². The third-order valence-corrected chi connectivity index (χ3v) is 9.09. The van der Waals surface area contributed by atoms with Crippen LogP contribution in [0.2, 0.25) is 0 Å². The Morgan fingerprint density at radius 3 is 2.64 bits per heavy atom. The highest BCUT2D eigenvalue weighted by Crippen LogP contribution is 2.25. The van der Waals surface area contributed by atoms with Gasteiger partial charge in [-0.15, -0.1) is 11.3 Å². The van der Waals surface area contributed by atoms with Crippen molar-refractivity contribution in [3.05, 3.63) is 47.3 Å². The number of anilines is 1. The molecule has 2 aliphatic rings. The molecule has 2 unspecified atom stereocenters. The van der Waals surface area contributed by atoms with Crippen LogP contribution in [0.4, 0.5) is 10.5 Å². The van der Waals surface area contributed by atoms with Crippen LogP contribution in [0.1, 0.15) is 18.4 Å². The van der Waals surface area contributed by atoms with Crippen LogP contribution >= 0.6 is 11.3 Å². The van der Waals surface area contributed by atoms with Crippen molar-refractivity contribution in [2.75, 3.05) is 38.1 Å². The van der Waals surface area contributed by atoms with Crippen LogP contribution in [0, 0.1) is 6.92 Å². The number of amides is 3. The molecule has 2 N–H and O–H groups in total. The zero-order valence-electron chi connectivity index (χ0n) is 18.4. The standard InChI is InChI=1S/C22H28N4O5S2/c1-16-6-8-17(9-7-16)24-22(28)25-10-11-26(33(29,30)20-5-3-13-32-20)19(15-25)21(27)23-14-18-4-2-12-31-18/h3,5-9,13,18-19H,2,4,10-12,14-15H2,1H3,(H,23,27)(H,24,28). The largest absolute Gasteiger partial charge is 0.376 e. The van der Waals surface area contributed by atoms with E-state index in [0.717, 1.165) is 29.7 Å². The summed E-state index contributed by atoms with van der Waals surface area (Å²) in [5.41, 5.74) is 1.71. The molecule has 2 fully saturated rings. The molecule has 0 bridgehead atoms. The average Bonchev–Trinajstić information content (AvgIpc) is 3.53. The molecular formula is C22H28N4O5S2. The molecule has 11 heteroatoms. The Bertz CT molecular complexity index is 1070. The summed E-state index contributed by atoms with van der Waals surface area (Å²) in [6.45, 7) is 3.10. The maximum Gasteiger partial charge on any atom is 0.321 e. The summed E-state index contributed by atoms with van der Waals surface area (Å²) in [4.78, 5) is 27.5. The van der Waals surface area contributed by atoms with Crippen molar-refractivity contribution in [1.29, 1.82) is 0 Å². The van der Waals surface area contributed by atoms with Crippen molar-refractivity contribution < 1.29 is 22.7 Å². The Morgan fingerprint density at radius 1 is 1.18 bits per heavy atom. The van der Waals surface area contributed by atoms with E-state index >= 15 is 0 Å². The lowest BCUT2D eigenvalue weighted by Crippen LogP contribution is -2.62. The minimum Gasteiger partial charge on any atom is -0.376 e. The minimum atomic E-state index is -3.86. The zero-order valence-corrected chi connectivity index (χ0v) is 20.0. The van der Waals surface area contributed by atoms with Crippen LogP contribution < -0.4 is 10.6 Å². The number of benzene rings is 1. The summed E-state index contributed by atoms with van der Waals surface area (Å²) in [7, 11) is -3.86. The van der Waals surface area contributed by atoms with Gasteiger partial charge in [0.1, 0.15) is 10.3 Å². The van der Waals surface area contributed by atoms with E-state index in [-0.39, 0.29) is 36.0 Å². The van der Waals surface area contributed by atoms with Crippen LogP contribution in [0.3, 0.4) is 0 Å². The van der Waals surface area contributed by atoms with Crippen LogP contribution in [-0.4, -0.2) is 74.5 Å². The molecule has 3 amide bonds. The first-order chi connectivity index (χ1) is 15.8. The lowest BCUT2D eigenvalue weighted by molar-refractivity contribution is -0.126. The lowest BCUT2D eigenvalue weighted by atomic mass is 10.2. The van der Waals surface area contributed by atoms with Gasteiger partial charge in [-0.25, -0.2) is 13.2 Å². The molecule has 2 saturated heterocycles. The molecule has 2 atom stereocenters. The number of aryl methyl sites for hydroxylation is 1. The molecule has 0 saturated carbocycles. The van der Waals surface area contributed by atoms with E-state index in [1.807, 2.05) is 19.1 Å². The first kappa shape index (κ1) is 23.7. The molecule has 1 aromatic carbocycles. The van der Waals surface area contributed by atoms with Gasteiger partial charge in [-0.2, -0.15) is 4.31 Å². The van der Waals surface area contributed by atoms with Crippen molar-refractivity contribution >= 4 is 39.0 Å². The Kier molecular flexibility index (Phi) is 7.32. The molecule has 2 aliphatic heterocycles. The third-order valence-electron chi connectivity index (χ3n) is 5.81. The number of piperazine rings is 1. The van der Waals surface area contributed by atoms with Gasteiger partial charge in [-0.3, -0.25) is 4.79 Å². The third kappa shape index (κ3) is 5.55. The van der Waals surface area contributed by atoms with Gasteiger partial charge in [0.2, 0.25) is 5.91 Å². The van der Waals surface area contributed by atoms with Crippen molar-refractivity contribution in [1.82, 2.24) is 14.5 Å². The van der Waals surface area contributed by atoms with Gasteiger partial charge in [0.05, 0.1) is 6.10 Å². The highest BCUT2D eigenvalue weighted by Gasteiger charge is 2.42. The summed E-state index contributed by atoms with van der Waals surface area (Å²) in [5.74, 6) is -0.432. The second-order valence-corrected chi connectivity index (χ2v) is 11.3. The molecule has 1 aromatic heterocycles. The number of sulfonamides is 1. The van der Waals surface area contributed by atoms with Gasteiger partial charge in [0.15, 0.2) is 0 Å². The van der Waals surface area contributed by atoms with E-state index in [9.17, 15) is 18.0 Å². The second-order valence-electron chi connectivity index (χ2n) is 8.19. The topological polar surface area (TPSA) is 108 Å². The molecular weight excluding hydrogens is 464 g/mol. The average molecular weight is 493 g/mol. The quantitative estimate of drug-likeness (QED) is 0.643. The normalized spacial score (nSPS) is 21.7. The van der Waals surface area contributed by atoms with Gasteiger partial charge in [0.25, 0.3) is 10.0 Å². The highest BCUT2D eigenvalue weighted by molar-refractivity contribution is 7.91. The van der Waals surface area contributed by atoms with E-state index in [2.05, 4.69) is 10.6 Å². The number of carbonyl (C=O) groups is 2. The summed E-state index contributed by atoms with van der Waals surface area (Å²) in [6.07, 6.45) is 1.73. The molecule has 33 heavy (non-hydrogen) atoms. The molecule has 2 aromatic rings. The fourth-order valence-electron chi connectivity index (χ4n) is 3.95. The molecule has 9 nitrogen and oxygen atoms in total. The zero-order chi connectivity index (χ0) is 23.4. The van der Waals surface area contributed by atoms with Crippen LogP contribution in [0.5, 0.6) is 0 Å². The van der Waals surface area contributed by atoms with Crippen LogP contribution in [0.15, 0.2) is 46.0 Å². The number of nitrogens with zero attached hydrogens (tertiary/aromatic N) is 2. The number of nitrogens with one attached hydrogen (secondary N) is 2. The van der Waals surface area contributed by atoms with E-state index in [0.29, 0.717) is 18.8 Å². The minimum absolute atomic E-state index is 0.0273. The van der Waals surface area contributed by atoms with E-state index in [1.54, 1.807) is 23.6 Å². The summed E-state index contributed by atoms with van der Waals surface area (Å²) in [5, 5.41) is 7.34. The maximum atomic E-state index is 13.2. The smallest absolute Gasteiger partial charge is 0.321 e. The summed E-state index contributed by atoms with van der Waals surface area (Å²) in [6, 6.07) is 9.17. The van der Waals surface area contributed by atoms with Crippen molar-refractivity contribution in [3.8, 4) is 0 Å². The first-order valence-corrected chi connectivity index (χ1v) is 13.2. The van der Waals surface area contributed by atoms with Gasteiger partial charge < -0.3 is 20.3 Å². The van der Waals surface area contributed by atoms with Crippen molar-refractivity contribution in [2.24, 2.45) is 0 Å². The number of thiophene rings is 1. The highest BCUT2D eigenvalue weighted by atomic mass is 32.2. The van der Waals surface area contributed by atoms with E-state index in [4.69, 9.17) is 4.74 Å². The number of carbonyl (C=O) groups excluding carboxylic acids is 2. The van der Waals surface area contributed by atoms with Gasteiger partial charge in [-0.05, 0) is 43.3 Å². The molecule has 0 spiro atoms. The number of hydrogen-bond acceptors (Lipinski definition) is 6. The number of rotatable bonds is 6. The number of urea groups is 1. The number of ether oxygens (including phenoxy) is 1. The van der Waals surface area contributed by atoms with Gasteiger partial charge >= 0.3 is 6.03 Å². The first-order valence-electron chi connectivity index (χ1n) is 10.9. The Morgan fingerprint density at radius 2 is 1.97 bits per heavy atom.